The Hall–Kier alpha value is -2.33. The zero-order chi connectivity index (χ0) is 40.5. The van der Waals surface area contributed by atoms with Crippen LogP contribution >= 0.6 is 7.82 Å². The number of esters is 2. The molecule has 0 radical (unpaired) electrons. The Morgan fingerprint density at radius 3 is 1.53 bits per heavy atom. The summed E-state index contributed by atoms with van der Waals surface area (Å²) in [4.78, 5) is 34.9. The van der Waals surface area contributed by atoms with E-state index in [0.717, 1.165) is 51.4 Å². The van der Waals surface area contributed by atoms with Gasteiger partial charge < -0.3 is 24.6 Å². The maximum absolute atomic E-state index is 12.6. The van der Waals surface area contributed by atoms with Gasteiger partial charge >= 0.3 is 19.8 Å². The number of allylic oxidation sites excluding steroid dienone is 10. The van der Waals surface area contributed by atoms with E-state index in [4.69, 9.17) is 19.1 Å². The molecule has 0 rings (SSSR count). The van der Waals surface area contributed by atoms with Crippen molar-refractivity contribution in [2.75, 3.05) is 26.4 Å². The molecular weight excluding hydrogens is 719 g/mol. The summed E-state index contributed by atoms with van der Waals surface area (Å²) < 4.78 is 32.6. The molecule has 0 heterocycles. The first kappa shape index (κ1) is 52.7. The third-order valence-electron chi connectivity index (χ3n) is 8.64. The third kappa shape index (κ3) is 39.7. The van der Waals surface area contributed by atoms with Crippen molar-refractivity contribution in [3.63, 3.8) is 0 Å². The lowest BCUT2D eigenvalue weighted by atomic mass is 10.1. The van der Waals surface area contributed by atoms with Gasteiger partial charge in [-0.15, -0.1) is 0 Å². The smallest absolute Gasteiger partial charge is 0.462 e. The molecule has 0 fully saturated rings. The van der Waals surface area contributed by atoms with E-state index < -0.39 is 51.8 Å². The predicted octanol–water partition coefficient (Wildman–Crippen LogP) is 11.1. The number of hydrogen-bond acceptors (Lipinski definition) is 9. The van der Waals surface area contributed by atoms with Crippen LogP contribution in [0, 0.1) is 0 Å². The molecule has 0 spiro atoms. The van der Waals surface area contributed by atoms with Crippen LogP contribution in [0.3, 0.4) is 0 Å². The minimum Gasteiger partial charge on any atom is -0.462 e. The number of carbonyl (C=O) groups excluding carboxylic acids is 2. The number of unbranched alkanes of at least 4 members (excludes halogenated alkanes) is 15. The van der Waals surface area contributed by atoms with Crippen molar-refractivity contribution in [2.45, 2.75) is 180 Å². The van der Waals surface area contributed by atoms with Crippen molar-refractivity contribution in [1.82, 2.24) is 0 Å². The largest absolute Gasteiger partial charge is 0.472 e. The van der Waals surface area contributed by atoms with Crippen molar-refractivity contribution in [2.24, 2.45) is 0 Å². The summed E-state index contributed by atoms with van der Waals surface area (Å²) in [5.41, 5.74) is 0. The highest BCUT2D eigenvalue weighted by atomic mass is 31.2. The zero-order valence-electron chi connectivity index (χ0n) is 34.4. The molecule has 55 heavy (non-hydrogen) atoms. The van der Waals surface area contributed by atoms with Crippen molar-refractivity contribution < 1.29 is 47.8 Å². The van der Waals surface area contributed by atoms with Gasteiger partial charge in [-0.3, -0.25) is 18.6 Å². The fourth-order valence-electron chi connectivity index (χ4n) is 5.33. The summed E-state index contributed by atoms with van der Waals surface area (Å²) in [6.07, 6.45) is 43.3. The number of ether oxygens (including phenoxy) is 2. The van der Waals surface area contributed by atoms with Gasteiger partial charge in [0.15, 0.2) is 6.10 Å². The number of aliphatic hydroxyl groups excluding tert-OH is 2. The summed E-state index contributed by atoms with van der Waals surface area (Å²) in [5, 5.41) is 18.3. The van der Waals surface area contributed by atoms with Crippen LogP contribution in [0.5, 0.6) is 0 Å². The van der Waals surface area contributed by atoms with E-state index in [2.05, 4.69) is 67.0 Å². The van der Waals surface area contributed by atoms with Gasteiger partial charge in [-0.25, -0.2) is 4.57 Å². The number of hydrogen-bond donors (Lipinski definition) is 3. The van der Waals surface area contributed by atoms with Crippen LogP contribution in [-0.4, -0.2) is 65.7 Å². The SMILES string of the molecule is CCCCC/C=C\C/C=C\C/C=C\C/C=C\CCCC(=O)O[C@H](COC(=O)CCCCCCCCC/C=C\CCCCCC)COP(=O)(O)OC[C@@H](O)CO. The Morgan fingerprint density at radius 2 is 0.964 bits per heavy atom. The second kappa shape index (κ2) is 39.9. The first-order valence-electron chi connectivity index (χ1n) is 21.2. The van der Waals surface area contributed by atoms with Crippen molar-refractivity contribution >= 4 is 19.8 Å². The average molecular weight is 797 g/mol. The van der Waals surface area contributed by atoms with Gasteiger partial charge in [-0.2, -0.15) is 0 Å². The minimum absolute atomic E-state index is 0.105. The molecule has 0 saturated heterocycles. The molecule has 0 aromatic carbocycles. The van der Waals surface area contributed by atoms with Gasteiger partial charge in [0.05, 0.1) is 19.8 Å². The Labute approximate surface area is 334 Å². The van der Waals surface area contributed by atoms with Gasteiger partial charge in [-0.05, 0) is 77.0 Å². The fraction of sp³-hybridized carbons (Fsp3) is 0.727. The third-order valence-corrected chi connectivity index (χ3v) is 9.60. The Balaban J connectivity index is 4.43. The van der Waals surface area contributed by atoms with Crippen molar-refractivity contribution in [3.8, 4) is 0 Å². The Bertz CT molecular complexity index is 1100. The first-order chi connectivity index (χ1) is 26.7. The summed E-state index contributed by atoms with van der Waals surface area (Å²) >= 11 is 0. The van der Waals surface area contributed by atoms with Gasteiger partial charge in [-0.1, -0.05) is 139 Å². The van der Waals surface area contributed by atoms with E-state index >= 15 is 0 Å². The Morgan fingerprint density at radius 1 is 0.545 bits per heavy atom. The molecule has 1 unspecified atom stereocenters. The topological polar surface area (TPSA) is 149 Å². The normalized spacial score (nSPS) is 14.5. The quantitative estimate of drug-likeness (QED) is 0.0237. The lowest BCUT2D eigenvalue weighted by Gasteiger charge is -2.20. The second-order valence-electron chi connectivity index (χ2n) is 14.0. The van der Waals surface area contributed by atoms with E-state index in [1.807, 2.05) is 12.2 Å². The van der Waals surface area contributed by atoms with Gasteiger partial charge in [0, 0.05) is 12.8 Å². The van der Waals surface area contributed by atoms with E-state index in [1.165, 1.54) is 70.6 Å². The maximum atomic E-state index is 12.6. The number of carbonyl (C=O) groups is 2. The summed E-state index contributed by atoms with van der Waals surface area (Å²) in [6, 6.07) is 0. The molecule has 3 N–H and O–H groups in total. The second-order valence-corrected chi connectivity index (χ2v) is 15.5. The molecule has 318 valence electrons. The number of phosphoric acid groups is 1. The highest BCUT2D eigenvalue weighted by molar-refractivity contribution is 7.47. The standard InChI is InChI=1S/C44H77O10P/c1-3-5-7-9-11-13-15-17-19-20-22-24-26-28-30-32-34-36-44(48)54-42(40-53-55(49,50)52-38-41(46)37-45)39-51-43(47)35-33-31-29-27-25-23-21-18-16-14-12-10-8-6-4-2/h11,13-14,16-17,19,22,24,28,30,41-42,45-46H,3-10,12,15,18,20-21,23,25-27,29,31-40H2,1-2H3,(H,49,50)/b13-11-,16-14-,19-17-,24-22-,30-28-/t41-,42+/m0/s1. The molecule has 0 aliphatic rings. The van der Waals surface area contributed by atoms with Crippen LogP contribution in [0.2, 0.25) is 0 Å². The van der Waals surface area contributed by atoms with Gasteiger partial charge in [0.25, 0.3) is 0 Å². The molecule has 3 atom stereocenters. The molecule has 11 heteroatoms. The lowest BCUT2D eigenvalue weighted by molar-refractivity contribution is -0.161. The molecule has 0 aromatic heterocycles. The van der Waals surface area contributed by atoms with E-state index in [1.54, 1.807) is 0 Å². The number of aliphatic hydroxyl groups is 2. The molecule has 0 aliphatic carbocycles. The summed E-state index contributed by atoms with van der Waals surface area (Å²) in [7, 11) is -4.63. The minimum atomic E-state index is -4.63. The van der Waals surface area contributed by atoms with Gasteiger partial charge in [0.1, 0.15) is 12.7 Å². The van der Waals surface area contributed by atoms with Crippen molar-refractivity contribution in [3.05, 3.63) is 60.8 Å². The summed E-state index contributed by atoms with van der Waals surface area (Å²) in [6.45, 7) is 2.26. The molecule has 0 aromatic rings. The molecule has 0 amide bonds. The predicted molar refractivity (Wildman–Crippen MR) is 224 cm³/mol. The lowest BCUT2D eigenvalue weighted by Crippen LogP contribution is -2.29. The molecule has 0 saturated carbocycles. The van der Waals surface area contributed by atoms with E-state index in [9.17, 15) is 24.2 Å². The molecule has 0 aliphatic heterocycles. The average Bonchev–Trinajstić information content (AvgIpc) is 3.17. The van der Waals surface area contributed by atoms with E-state index in [-0.39, 0.29) is 19.4 Å². The highest BCUT2D eigenvalue weighted by Gasteiger charge is 2.27. The van der Waals surface area contributed by atoms with Crippen LogP contribution < -0.4 is 0 Å². The van der Waals surface area contributed by atoms with Crippen LogP contribution in [0.25, 0.3) is 0 Å². The molecular formula is C44H77O10P. The van der Waals surface area contributed by atoms with Crippen LogP contribution in [-0.2, 0) is 32.7 Å². The van der Waals surface area contributed by atoms with Crippen LogP contribution in [0.4, 0.5) is 0 Å². The van der Waals surface area contributed by atoms with E-state index in [0.29, 0.717) is 19.3 Å². The molecule has 0 bridgehead atoms. The van der Waals surface area contributed by atoms with Crippen LogP contribution in [0.15, 0.2) is 60.8 Å². The van der Waals surface area contributed by atoms with Gasteiger partial charge in [0.2, 0.25) is 0 Å². The number of rotatable bonds is 39. The first-order valence-corrected chi connectivity index (χ1v) is 22.7. The zero-order valence-corrected chi connectivity index (χ0v) is 35.3. The molecule has 10 nitrogen and oxygen atoms in total. The highest BCUT2D eigenvalue weighted by Crippen LogP contribution is 2.43. The fourth-order valence-corrected chi connectivity index (χ4v) is 6.12. The summed E-state index contributed by atoms with van der Waals surface area (Å²) in [5.74, 6) is -0.999. The number of phosphoric ester groups is 1. The maximum Gasteiger partial charge on any atom is 0.472 e. The Kier molecular flexibility index (Phi) is 38.2. The van der Waals surface area contributed by atoms with Crippen molar-refractivity contribution in [1.29, 1.82) is 0 Å². The monoisotopic (exact) mass is 797 g/mol. The van der Waals surface area contributed by atoms with Crippen LogP contribution in [0.1, 0.15) is 168 Å².